The molecule has 0 amide bonds. The van der Waals surface area contributed by atoms with Crippen molar-refractivity contribution in [1.29, 1.82) is 0 Å². The normalized spacial score (nSPS) is 13.7. The maximum Gasteiger partial charge on any atom is 0.262 e. The lowest BCUT2D eigenvalue weighted by molar-refractivity contribution is -0.669. The Kier molecular flexibility index (Phi) is 19.8. The van der Waals surface area contributed by atoms with Gasteiger partial charge in [0.15, 0.2) is 6.54 Å². The molecule has 4 rings (SSSR count). The number of fused-ring (bicyclic) bond motifs is 2. The Morgan fingerprint density at radius 3 is 1.83 bits per heavy atom. The molecule has 2 nitrogen and oxygen atoms in total. The fourth-order valence-electron chi connectivity index (χ4n) is 6.54. The van der Waals surface area contributed by atoms with E-state index in [1.165, 1.54) is 159 Å². The highest BCUT2D eigenvalue weighted by atomic mass is 35.5. The number of thiazole rings is 1. The van der Waals surface area contributed by atoms with E-state index in [1.54, 1.807) is 0 Å². The number of unbranched alkanes of at least 4 members (excludes halogenated alkanes) is 18. The Morgan fingerprint density at radius 1 is 0.630 bits per heavy atom. The summed E-state index contributed by atoms with van der Waals surface area (Å²) < 4.78 is 3.96. The van der Waals surface area contributed by atoms with Crippen molar-refractivity contribution in [2.75, 3.05) is 11.4 Å². The van der Waals surface area contributed by atoms with Gasteiger partial charge in [0, 0.05) is 30.0 Å². The van der Waals surface area contributed by atoms with Crippen LogP contribution < -0.4 is 21.9 Å². The predicted octanol–water partition coefficient (Wildman–Crippen LogP) is 10.5. The number of hydrogen-bond acceptors (Lipinski definition) is 3. The summed E-state index contributed by atoms with van der Waals surface area (Å²) in [5.74, 6) is 0. The smallest absolute Gasteiger partial charge is 0.262 e. The summed E-state index contributed by atoms with van der Waals surface area (Å²) in [5.41, 5.74) is 2.77. The third kappa shape index (κ3) is 13.0. The van der Waals surface area contributed by atoms with Gasteiger partial charge < -0.3 is 17.3 Å². The van der Waals surface area contributed by atoms with Gasteiger partial charge in [-0.15, -0.1) is 0 Å². The Balaban J connectivity index is 0.00000576. The van der Waals surface area contributed by atoms with Crippen molar-refractivity contribution < 1.29 is 17.0 Å². The number of anilines is 1. The monoisotopic (exact) mass is 680 g/mol. The number of aromatic nitrogens is 1. The maximum absolute atomic E-state index is 2.57. The lowest BCUT2D eigenvalue weighted by Crippen LogP contribution is -3.00. The summed E-state index contributed by atoms with van der Waals surface area (Å²) in [7, 11) is 0. The van der Waals surface area contributed by atoms with Crippen LogP contribution in [0.3, 0.4) is 0 Å². The number of para-hydroxylation sites is 2. The summed E-state index contributed by atoms with van der Waals surface area (Å²) in [6.45, 7) is 6.83. The SMILES string of the molecule is CCCCCCCCCCCCN1/C(=C\C=C\c2sc3ccccc3[n+]2CCCCCCCCCCCC)Sc2ccccc21.[Cl-]. The standard InChI is InChI=1S/C41H61N2S2.ClH/c1-3-5-7-9-11-13-15-17-19-25-34-42-36-28-21-23-30-38(36)44-40(42)32-27-33-41-43(37-29-22-24-31-39(37)45-41)35-26-20-18-16-14-12-10-8-6-4-2;/h21-24,27-33H,3-20,25-26,34-35H2,1-2H3;1H/q+1;/p-1. The summed E-state index contributed by atoms with van der Waals surface area (Å²) >= 11 is 3.86. The summed E-state index contributed by atoms with van der Waals surface area (Å²) in [6.07, 6.45) is 34.7. The van der Waals surface area contributed by atoms with Crippen LogP contribution in [0, 0.1) is 0 Å². The zero-order valence-corrected chi connectivity index (χ0v) is 31.4. The van der Waals surface area contributed by atoms with Gasteiger partial charge in [-0.3, -0.25) is 0 Å². The fraction of sp³-hybridized carbons (Fsp3) is 0.585. The molecule has 2 heterocycles. The van der Waals surface area contributed by atoms with Crippen LogP contribution in [0.5, 0.6) is 0 Å². The molecule has 1 aliphatic rings. The Morgan fingerprint density at radius 2 is 1.17 bits per heavy atom. The van der Waals surface area contributed by atoms with Gasteiger partial charge in [0.2, 0.25) is 5.52 Å². The number of nitrogens with zero attached hydrogens (tertiary/aromatic N) is 2. The average Bonchev–Trinajstić information content (AvgIpc) is 3.60. The first-order valence-electron chi connectivity index (χ1n) is 18.7. The molecular weight excluding hydrogens is 620 g/mol. The minimum Gasteiger partial charge on any atom is -1.00 e. The van der Waals surface area contributed by atoms with E-state index in [1.807, 2.05) is 23.1 Å². The minimum absolute atomic E-state index is 0. The Labute approximate surface area is 296 Å². The van der Waals surface area contributed by atoms with Crippen LogP contribution in [0.4, 0.5) is 5.69 Å². The van der Waals surface area contributed by atoms with Crippen LogP contribution in [0.15, 0.2) is 70.6 Å². The van der Waals surface area contributed by atoms with Crippen molar-refractivity contribution >= 4 is 45.1 Å². The number of thioether (sulfide) groups is 1. The molecule has 0 N–H and O–H groups in total. The first kappa shape index (κ1) is 38.7. The molecular formula is C41H61ClN2S2. The van der Waals surface area contributed by atoms with Crippen LogP contribution in [0.25, 0.3) is 16.3 Å². The fourth-order valence-corrected chi connectivity index (χ4v) is 8.74. The number of aryl methyl sites for hydroxylation is 1. The molecule has 0 saturated carbocycles. The molecule has 0 radical (unpaired) electrons. The molecule has 254 valence electrons. The molecule has 5 heteroatoms. The number of benzene rings is 2. The topological polar surface area (TPSA) is 7.12 Å². The quantitative estimate of drug-likeness (QED) is 0.0687. The lowest BCUT2D eigenvalue weighted by atomic mass is 10.1. The third-order valence-electron chi connectivity index (χ3n) is 9.22. The highest BCUT2D eigenvalue weighted by molar-refractivity contribution is 8.03. The van der Waals surface area contributed by atoms with Crippen molar-refractivity contribution in [2.45, 2.75) is 154 Å². The van der Waals surface area contributed by atoms with Crippen molar-refractivity contribution in [2.24, 2.45) is 0 Å². The van der Waals surface area contributed by atoms with Gasteiger partial charge in [-0.1, -0.05) is 176 Å². The number of hydrogen-bond donors (Lipinski definition) is 0. The van der Waals surface area contributed by atoms with E-state index < -0.39 is 0 Å². The van der Waals surface area contributed by atoms with Crippen molar-refractivity contribution in [3.05, 3.63) is 70.7 Å². The van der Waals surface area contributed by atoms with Crippen LogP contribution in [0.1, 0.15) is 147 Å². The summed E-state index contributed by atoms with van der Waals surface area (Å²) in [6, 6.07) is 17.9. The largest absolute Gasteiger partial charge is 1.00 e. The molecule has 0 unspecified atom stereocenters. The minimum atomic E-state index is 0. The van der Waals surface area contributed by atoms with Crippen molar-refractivity contribution in [1.82, 2.24) is 0 Å². The molecule has 0 atom stereocenters. The van der Waals surface area contributed by atoms with Gasteiger partial charge in [0.05, 0.1) is 10.7 Å². The third-order valence-corrected chi connectivity index (χ3v) is 11.5. The second-order valence-electron chi connectivity index (χ2n) is 13.0. The number of allylic oxidation sites excluding steroid dienone is 2. The highest BCUT2D eigenvalue weighted by Gasteiger charge is 2.24. The molecule has 0 bridgehead atoms. The maximum atomic E-state index is 2.57. The second kappa shape index (κ2) is 23.6. The van der Waals surface area contributed by atoms with Crippen LogP contribution in [-0.2, 0) is 6.54 Å². The summed E-state index contributed by atoms with van der Waals surface area (Å²) in [4.78, 5) is 3.96. The zero-order chi connectivity index (χ0) is 31.4. The Hall–Kier alpha value is -1.75. The molecule has 0 aliphatic carbocycles. The van der Waals surface area contributed by atoms with E-state index in [9.17, 15) is 0 Å². The van der Waals surface area contributed by atoms with Crippen molar-refractivity contribution in [3.8, 4) is 0 Å². The van der Waals surface area contributed by atoms with Gasteiger partial charge in [-0.05, 0) is 37.1 Å². The number of halogens is 1. The molecule has 0 spiro atoms. The first-order valence-corrected chi connectivity index (χ1v) is 20.3. The van der Waals surface area contributed by atoms with E-state index >= 15 is 0 Å². The molecule has 46 heavy (non-hydrogen) atoms. The first-order chi connectivity index (χ1) is 22.3. The van der Waals surface area contributed by atoms with Gasteiger partial charge in [-0.2, -0.15) is 4.57 Å². The van der Waals surface area contributed by atoms with E-state index in [-0.39, 0.29) is 12.4 Å². The van der Waals surface area contributed by atoms with E-state index in [0.29, 0.717) is 0 Å². The molecule has 1 aliphatic heterocycles. The van der Waals surface area contributed by atoms with Crippen molar-refractivity contribution in [3.63, 3.8) is 0 Å². The van der Waals surface area contributed by atoms with E-state index in [4.69, 9.17) is 0 Å². The van der Waals surface area contributed by atoms with E-state index in [2.05, 4.69) is 90.1 Å². The number of rotatable bonds is 24. The Bertz CT molecular complexity index is 1300. The summed E-state index contributed by atoms with van der Waals surface area (Å²) in [5, 5.41) is 2.73. The zero-order valence-electron chi connectivity index (χ0n) is 29.0. The predicted molar refractivity (Wildman–Crippen MR) is 202 cm³/mol. The molecule has 0 saturated heterocycles. The van der Waals surface area contributed by atoms with Crippen LogP contribution in [0.2, 0.25) is 0 Å². The van der Waals surface area contributed by atoms with Gasteiger partial charge in [0.1, 0.15) is 4.70 Å². The van der Waals surface area contributed by atoms with Crippen LogP contribution in [-0.4, -0.2) is 6.54 Å². The average molecular weight is 682 g/mol. The lowest BCUT2D eigenvalue weighted by Gasteiger charge is -2.20. The van der Waals surface area contributed by atoms with Crippen LogP contribution >= 0.6 is 23.1 Å². The van der Waals surface area contributed by atoms with Gasteiger partial charge in [0.25, 0.3) is 5.01 Å². The highest BCUT2D eigenvalue weighted by Crippen LogP contribution is 2.46. The molecule has 1 aromatic heterocycles. The molecule has 3 aromatic rings. The van der Waals surface area contributed by atoms with Gasteiger partial charge >= 0.3 is 0 Å². The molecule has 2 aromatic carbocycles. The molecule has 0 fully saturated rings. The van der Waals surface area contributed by atoms with E-state index in [0.717, 1.165) is 13.1 Å². The van der Waals surface area contributed by atoms with Gasteiger partial charge in [-0.25, -0.2) is 0 Å². The second-order valence-corrected chi connectivity index (χ2v) is 15.1.